The zero-order chi connectivity index (χ0) is 11.4. The Morgan fingerprint density at radius 3 is 3.06 bits per heavy atom. The summed E-state index contributed by atoms with van der Waals surface area (Å²) in [5.74, 6) is 5.60. The van der Waals surface area contributed by atoms with Crippen molar-refractivity contribution in [3.05, 3.63) is 20.8 Å². The van der Waals surface area contributed by atoms with Gasteiger partial charge in [0.05, 0.1) is 15.9 Å². The lowest BCUT2D eigenvalue weighted by Gasteiger charge is -2.16. The Labute approximate surface area is 108 Å². The van der Waals surface area contributed by atoms with Crippen LogP contribution in [-0.4, -0.2) is 12.7 Å². The molecule has 1 saturated heterocycles. The minimum atomic E-state index is 0.250. The first-order valence-corrected chi connectivity index (χ1v) is 7.23. The number of rotatable bonds is 5. The van der Waals surface area contributed by atoms with Crippen molar-refractivity contribution in [2.45, 2.75) is 37.8 Å². The quantitative estimate of drug-likeness (QED) is 0.649. The van der Waals surface area contributed by atoms with E-state index in [0.717, 1.165) is 23.2 Å². The van der Waals surface area contributed by atoms with Crippen molar-refractivity contribution in [2.24, 2.45) is 5.84 Å². The van der Waals surface area contributed by atoms with E-state index in [4.69, 9.17) is 10.6 Å². The molecule has 0 saturated carbocycles. The molecule has 0 radical (unpaired) electrons. The van der Waals surface area contributed by atoms with Crippen LogP contribution in [0.15, 0.2) is 15.9 Å². The van der Waals surface area contributed by atoms with Crippen molar-refractivity contribution in [2.75, 3.05) is 6.61 Å². The van der Waals surface area contributed by atoms with Crippen molar-refractivity contribution in [3.8, 4) is 0 Å². The average molecular weight is 305 g/mol. The fourth-order valence-corrected chi connectivity index (χ4v) is 3.57. The van der Waals surface area contributed by atoms with E-state index < -0.39 is 0 Å². The minimum Gasteiger partial charge on any atom is -0.378 e. The Bertz CT molecular complexity index is 326. The highest BCUT2D eigenvalue weighted by Crippen LogP contribution is 2.30. The maximum Gasteiger partial charge on any atom is 0.0702 e. The number of ether oxygens (including phenoxy) is 1. The van der Waals surface area contributed by atoms with Crippen LogP contribution >= 0.6 is 27.3 Å². The summed E-state index contributed by atoms with van der Waals surface area (Å²) in [4.78, 5) is 1.28. The van der Waals surface area contributed by atoms with Gasteiger partial charge in [0.15, 0.2) is 0 Å². The lowest BCUT2D eigenvalue weighted by Crippen LogP contribution is -2.28. The Kier molecular flexibility index (Phi) is 4.79. The van der Waals surface area contributed by atoms with Crippen molar-refractivity contribution in [1.82, 2.24) is 5.43 Å². The van der Waals surface area contributed by atoms with Gasteiger partial charge in [0.25, 0.3) is 0 Å². The monoisotopic (exact) mass is 304 g/mol. The average Bonchev–Trinajstić information content (AvgIpc) is 2.91. The molecule has 0 bridgehead atoms. The van der Waals surface area contributed by atoms with Crippen molar-refractivity contribution in [1.29, 1.82) is 0 Å². The zero-order valence-electron chi connectivity index (χ0n) is 9.12. The molecule has 3 N–H and O–H groups in total. The molecule has 16 heavy (non-hydrogen) atoms. The summed E-state index contributed by atoms with van der Waals surface area (Å²) in [7, 11) is 0. The molecule has 0 aliphatic carbocycles. The van der Waals surface area contributed by atoms with Gasteiger partial charge >= 0.3 is 0 Å². The number of thiophene rings is 1. The predicted octanol–water partition coefficient (Wildman–Crippen LogP) is 2.97. The second-order valence-corrected chi connectivity index (χ2v) is 6.57. The standard InChI is InChI=1S/C11H17BrN2OS/c12-11-6-5-10(16-11)9(14-13)4-3-8-2-1-7-15-8/h5-6,8-9,14H,1-4,7,13H2. The van der Waals surface area contributed by atoms with Gasteiger partial charge in [-0.05, 0) is 53.7 Å². The molecule has 2 rings (SSSR count). The topological polar surface area (TPSA) is 47.3 Å². The molecule has 1 aromatic rings. The van der Waals surface area contributed by atoms with Crippen LogP contribution in [-0.2, 0) is 4.74 Å². The lowest BCUT2D eigenvalue weighted by atomic mass is 10.1. The zero-order valence-corrected chi connectivity index (χ0v) is 11.5. The molecule has 1 fully saturated rings. The minimum absolute atomic E-state index is 0.250. The Balaban J connectivity index is 1.85. The second-order valence-electron chi connectivity index (χ2n) is 4.07. The number of hydrogen-bond donors (Lipinski definition) is 2. The number of halogens is 1. The van der Waals surface area contributed by atoms with E-state index in [0.29, 0.717) is 6.10 Å². The Morgan fingerprint density at radius 2 is 2.50 bits per heavy atom. The van der Waals surface area contributed by atoms with Crippen LogP contribution in [0, 0.1) is 0 Å². The smallest absolute Gasteiger partial charge is 0.0702 e. The van der Waals surface area contributed by atoms with Crippen LogP contribution in [0.2, 0.25) is 0 Å². The molecule has 0 spiro atoms. The van der Waals surface area contributed by atoms with E-state index in [-0.39, 0.29) is 6.04 Å². The first kappa shape index (κ1) is 12.5. The molecule has 1 aliphatic rings. The number of nitrogens with two attached hydrogens (primary N) is 1. The first-order chi connectivity index (χ1) is 7.79. The molecule has 5 heteroatoms. The highest BCUT2D eigenvalue weighted by Gasteiger charge is 2.19. The van der Waals surface area contributed by atoms with Gasteiger partial charge in [-0.15, -0.1) is 11.3 Å². The molecule has 0 aromatic carbocycles. The molecule has 2 heterocycles. The Morgan fingerprint density at radius 1 is 1.62 bits per heavy atom. The summed E-state index contributed by atoms with van der Waals surface area (Å²) in [5, 5.41) is 0. The van der Waals surface area contributed by atoms with E-state index in [9.17, 15) is 0 Å². The molecule has 3 nitrogen and oxygen atoms in total. The van der Waals surface area contributed by atoms with Crippen LogP contribution in [0.1, 0.15) is 36.6 Å². The van der Waals surface area contributed by atoms with Crippen LogP contribution in [0.5, 0.6) is 0 Å². The maximum absolute atomic E-state index is 5.61. The largest absolute Gasteiger partial charge is 0.378 e. The van der Waals surface area contributed by atoms with E-state index in [1.807, 2.05) is 0 Å². The summed E-state index contributed by atoms with van der Waals surface area (Å²) in [6.45, 7) is 0.927. The molecular formula is C11H17BrN2OS. The van der Waals surface area contributed by atoms with E-state index >= 15 is 0 Å². The van der Waals surface area contributed by atoms with E-state index in [2.05, 4.69) is 33.5 Å². The third-order valence-electron chi connectivity index (χ3n) is 2.94. The highest BCUT2D eigenvalue weighted by molar-refractivity contribution is 9.11. The summed E-state index contributed by atoms with van der Waals surface area (Å²) in [5.41, 5.74) is 2.89. The third kappa shape index (κ3) is 3.28. The lowest BCUT2D eigenvalue weighted by molar-refractivity contribution is 0.0997. The maximum atomic E-state index is 5.61. The van der Waals surface area contributed by atoms with Gasteiger partial charge in [-0.2, -0.15) is 0 Å². The van der Waals surface area contributed by atoms with Crippen LogP contribution in [0.3, 0.4) is 0 Å². The third-order valence-corrected chi connectivity index (χ3v) is 4.68. The summed E-state index contributed by atoms with van der Waals surface area (Å²) < 4.78 is 6.77. The van der Waals surface area contributed by atoms with Gasteiger partial charge in [0, 0.05) is 11.5 Å². The van der Waals surface area contributed by atoms with Crippen molar-refractivity contribution >= 4 is 27.3 Å². The van der Waals surface area contributed by atoms with Crippen molar-refractivity contribution in [3.63, 3.8) is 0 Å². The molecule has 0 amide bonds. The van der Waals surface area contributed by atoms with E-state index in [1.165, 1.54) is 17.7 Å². The van der Waals surface area contributed by atoms with Crippen LogP contribution < -0.4 is 11.3 Å². The van der Waals surface area contributed by atoms with Gasteiger partial charge in [-0.25, -0.2) is 0 Å². The SMILES string of the molecule is NNC(CCC1CCCO1)c1ccc(Br)s1. The molecule has 2 unspecified atom stereocenters. The van der Waals surface area contributed by atoms with Crippen LogP contribution in [0.4, 0.5) is 0 Å². The normalized spacial score (nSPS) is 22.5. The van der Waals surface area contributed by atoms with Gasteiger partial charge in [0.1, 0.15) is 0 Å². The van der Waals surface area contributed by atoms with Gasteiger partial charge in [-0.1, -0.05) is 0 Å². The fourth-order valence-electron chi connectivity index (χ4n) is 2.05. The Hall–Kier alpha value is 0.0600. The number of hydrogen-bond acceptors (Lipinski definition) is 4. The summed E-state index contributed by atoms with van der Waals surface area (Å²) in [6, 6.07) is 4.44. The first-order valence-electron chi connectivity index (χ1n) is 5.62. The molecule has 2 atom stereocenters. The molecule has 1 aromatic heterocycles. The fraction of sp³-hybridized carbons (Fsp3) is 0.636. The van der Waals surface area contributed by atoms with Crippen LogP contribution in [0.25, 0.3) is 0 Å². The van der Waals surface area contributed by atoms with Crippen molar-refractivity contribution < 1.29 is 4.74 Å². The molecule has 1 aliphatic heterocycles. The van der Waals surface area contributed by atoms with Gasteiger partial charge in [0.2, 0.25) is 0 Å². The van der Waals surface area contributed by atoms with E-state index in [1.54, 1.807) is 11.3 Å². The molecule has 90 valence electrons. The van der Waals surface area contributed by atoms with Gasteiger partial charge < -0.3 is 4.74 Å². The van der Waals surface area contributed by atoms with Gasteiger partial charge in [-0.3, -0.25) is 11.3 Å². The molecular weight excluding hydrogens is 288 g/mol. The second kappa shape index (κ2) is 6.12. The summed E-state index contributed by atoms with van der Waals surface area (Å²) >= 11 is 5.21. The summed E-state index contributed by atoms with van der Waals surface area (Å²) in [6.07, 6.45) is 4.97. The number of nitrogens with one attached hydrogen (secondary N) is 1. The predicted molar refractivity (Wildman–Crippen MR) is 70.3 cm³/mol. The number of hydrazine groups is 1. The highest BCUT2D eigenvalue weighted by atomic mass is 79.9.